The average Bonchev–Trinajstić information content (AvgIpc) is 3.24. The van der Waals surface area contributed by atoms with E-state index in [0.29, 0.717) is 17.1 Å². The Kier molecular flexibility index (Phi) is 4.53. The van der Waals surface area contributed by atoms with Crippen LogP contribution in [0.2, 0.25) is 0 Å². The summed E-state index contributed by atoms with van der Waals surface area (Å²) in [6.45, 7) is 4.10. The Labute approximate surface area is 161 Å². The smallest absolute Gasteiger partial charge is 0.228 e. The molecule has 0 saturated heterocycles. The highest BCUT2D eigenvalue weighted by Gasteiger charge is 2.19. The number of fused-ring (bicyclic) bond motifs is 1. The van der Waals surface area contributed by atoms with E-state index in [1.165, 1.54) is 17.3 Å². The van der Waals surface area contributed by atoms with Crippen LogP contribution in [-0.2, 0) is 11.2 Å². The lowest BCUT2D eigenvalue weighted by Crippen LogP contribution is -2.05. The van der Waals surface area contributed by atoms with Gasteiger partial charge in [-0.15, -0.1) is 10.2 Å². The van der Waals surface area contributed by atoms with Gasteiger partial charge in [0, 0.05) is 11.3 Å². The van der Waals surface area contributed by atoms with Crippen LogP contribution in [0.4, 0.5) is 5.69 Å². The number of hydrogen-bond acceptors (Lipinski definition) is 5. The first-order chi connectivity index (χ1) is 13.0. The molecule has 27 heavy (non-hydrogen) atoms. The van der Waals surface area contributed by atoms with Crippen LogP contribution in [0.15, 0.2) is 47.9 Å². The van der Waals surface area contributed by atoms with E-state index in [1.807, 2.05) is 23.6 Å². The number of amides is 1. The Hall–Kier alpha value is -2.93. The van der Waals surface area contributed by atoms with Gasteiger partial charge in [0.15, 0.2) is 10.9 Å². The molecule has 6 nitrogen and oxygen atoms in total. The van der Waals surface area contributed by atoms with Gasteiger partial charge in [-0.05, 0) is 49.2 Å². The zero-order valence-electron chi connectivity index (χ0n) is 15.0. The fourth-order valence-corrected chi connectivity index (χ4v) is 4.00. The van der Waals surface area contributed by atoms with Gasteiger partial charge in [0.2, 0.25) is 5.91 Å². The fraction of sp³-hybridized carbons (Fsp3) is 0.200. The number of anilines is 1. The Morgan fingerprint density at radius 1 is 1.22 bits per heavy atom. The van der Waals surface area contributed by atoms with Crippen LogP contribution in [0.1, 0.15) is 27.0 Å². The SMILES string of the molecule is Cc1ccc(-n2cnnc2SCC(=O)c2ccc3c(c2)CC(=O)N3)c(C)c1. The second kappa shape index (κ2) is 7.00. The third-order valence-corrected chi connectivity index (χ3v) is 5.46. The van der Waals surface area contributed by atoms with Gasteiger partial charge in [0.05, 0.1) is 17.9 Å². The first kappa shape index (κ1) is 17.5. The molecular formula is C20H18N4O2S. The molecule has 0 radical (unpaired) electrons. The van der Waals surface area contributed by atoms with Crippen molar-refractivity contribution in [1.82, 2.24) is 14.8 Å². The number of aryl methyl sites for hydroxylation is 2. The number of carbonyl (C=O) groups is 2. The molecule has 0 fully saturated rings. The molecule has 3 aromatic rings. The van der Waals surface area contributed by atoms with Crippen LogP contribution < -0.4 is 5.32 Å². The number of Topliss-reactive ketones (excluding diaryl/α,β-unsaturated/α-hetero) is 1. The number of rotatable bonds is 5. The average molecular weight is 378 g/mol. The highest BCUT2D eigenvalue weighted by Crippen LogP contribution is 2.26. The zero-order valence-corrected chi connectivity index (χ0v) is 15.8. The van der Waals surface area contributed by atoms with E-state index >= 15 is 0 Å². The van der Waals surface area contributed by atoms with Crippen molar-refractivity contribution in [1.29, 1.82) is 0 Å². The highest BCUT2D eigenvalue weighted by atomic mass is 32.2. The number of nitrogens with one attached hydrogen (secondary N) is 1. The number of aromatic nitrogens is 3. The van der Waals surface area contributed by atoms with Crippen molar-refractivity contribution in [3.63, 3.8) is 0 Å². The van der Waals surface area contributed by atoms with Crippen LogP contribution in [0.3, 0.4) is 0 Å². The summed E-state index contributed by atoms with van der Waals surface area (Å²) in [6.07, 6.45) is 1.99. The molecule has 1 aliphatic rings. The van der Waals surface area contributed by atoms with Crippen LogP contribution in [0.5, 0.6) is 0 Å². The summed E-state index contributed by atoms with van der Waals surface area (Å²) in [5.41, 5.74) is 5.59. The number of hydrogen-bond donors (Lipinski definition) is 1. The van der Waals surface area contributed by atoms with Crippen molar-refractivity contribution < 1.29 is 9.59 Å². The molecule has 4 rings (SSSR count). The zero-order chi connectivity index (χ0) is 19.0. The van der Waals surface area contributed by atoms with Crippen molar-refractivity contribution in [2.45, 2.75) is 25.4 Å². The molecule has 136 valence electrons. The predicted octanol–water partition coefficient (Wildman–Crippen LogP) is 3.35. The normalized spacial score (nSPS) is 12.7. The molecule has 1 aromatic heterocycles. The summed E-state index contributed by atoms with van der Waals surface area (Å²) in [4.78, 5) is 24.1. The van der Waals surface area contributed by atoms with Crippen molar-refractivity contribution in [2.75, 3.05) is 11.1 Å². The standard InChI is InChI=1S/C20H18N4O2S/c1-12-3-6-17(13(2)7-12)24-11-21-23-20(24)27-10-18(25)14-4-5-16-15(8-14)9-19(26)22-16/h3-8,11H,9-10H2,1-2H3,(H,22,26). The summed E-state index contributed by atoms with van der Waals surface area (Å²) in [5.74, 6) is 0.215. The molecule has 0 aliphatic carbocycles. The van der Waals surface area contributed by atoms with Crippen molar-refractivity contribution in [2.24, 2.45) is 0 Å². The minimum Gasteiger partial charge on any atom is -0.326 e. The van der Waals surface area contributed by atoms with E-state index in [2.05, 4.69) is 28.5 Å². The molecular weight excluding hydrogens is 360 g/mol. The quantitative estimate of drug-likeness (QED) is 0.544. The topological polar surface area (TPSA) is 76.9 Å². The van der Waals surface area contributed by atoms with Gasteiger partial charge in [-0.25, -0.2) is 0 Å². The highest BCUT2D eigenvalue weighted by molar-refractivity contribution is 7.99. The molecule has 0 bridgehead atoms. The molecule has 1 N–H and O–H groups in total. The van der Waals surface area contributed by atoms with E-state index in [9.17, 15) is 9.59 Å². The minimum absolute atomic E-state index is 0.00247. The van der Waals surface area contributed by atoms with Crippen LogP contribution in [0.25, 0.3) is 5.69 Å². The molecule has 1 aliphatic heterocycles. The molecule has 0 atom stereocenters. The predicted molar refractivity (Wildman–Crippen MR) is 105 cm³/mol. The van der Waals surface area contributed by atoms with E-state index in [1.54, 1.807) is 24.5 Å². The van der Waals surface area contributed by atoms with Gasteiger partial charge >= 0.3 is 0 Å². The number of ketones is 1. The van der Waals surface area contributed by atoms with Crippen molar-refractivity contribution in [3.8, 4) is 5.69 Å². The Morgan fingerprint density at radius 3 is 2.89 bits per heavy atom. The molecule has 0 spiro atoms. The third kappa shape index (κ3) is 3.50. The summed E-state index contributed by atoms with van der Waals surface area (Å²) in [5, 5.41) is 11.6. The first-order valence-electron chi connectivity index (χ1n) is 8.57. The Balaban J connectivity index is 1.50. The lowest BCUT2D eigenvalue weighted by molar-refractivity contribution is -0.115. The Bertz CT molecular complexity index is 1060. The van der Waals surface area contributed by atoms with Gasteiger partial charge in [-0.3, -0.25) is 14.2 Å². The van der Waals surface area contributed by atoms with Gasteiger partial charge < -0.3 is 5.32 Å². The van der Waals surface area contributed by atoms with E-state index in [-0.39, 0.29) is 17.4 Å². The lowest BCUT2D eigenvalue weighted by atomic mass is 10.1. The number of thioether (sulfide) groups is 1. The number of nitrogens with zero attached hydrogens (tertiary/aromatic N) is 3. The van der Waals surface area contributed by atoms with Gasteiger partial charge in [0.1, 0.15) is 6.33 Å². The van der Waals surface area contributed by atoms with Gasteiger partial charge in [-0.1, -0.05) is 29.5 Å². The van der Waals surface area contributed by atoms with E-state index in [0.717, 1.165) is 22.5 Å². The molecule has 0 unspecified atom stereocenters. The summed E-state index contributed by atoms with van der Waals surface area (Å²) < 4.78 is 1.90. The van der Waals surface area contributed by atoms with Gasteiger partial charge in [-0.2, -0.15) is 0 Å². The molecule has 7 heteroatoms. The second-order valence-electron chi connectivity index (χ2n) is 6.58. The Morgan fingerprint density at radius 2 is 2.07 bits per heavy atom. The largest absolute Gasteiger partial charge is 0.326 e. The maximum Gasteiger partial charge on any atom is 0.228 e. The van der Waals surface area contributed by atoms with Gasteiger partial charge in [0.25, 0.3) is 0 Å². The summed E-state index contributed by atoms with van der Waals surface area (Å²) >= 11 is 1.36. The van der Waals surface area contributed by atoms with Crippen molar-refractivity contribution in [3.05, 3.63) is 65.0 Å². The first-order valence-corrected chi connectivity index (χ1v) is 9.56. The maximum atomic E-state index is 12.6. The monoisotopic (exact) mass is 378 g/mol. The van der Waals surface area contributed by atoms with E-state index < -0.39 is 0 Å². The fourth-order valence-electron chi connectivity index (χ4n) is 3.18. The second-order valence-corrected chi connectivity index (χ2v) is 7.52. The molecule has 2 aromatic carbocycles. The van der Waals surface area contributed by atoms with E-state index in [4.69, 9.17) is 0 Å². The summed E-state index contributed by atoms with van der Waals surface area (Å²) in [7, 11) is 0. The third-order valence-electron chi connectivity index (χ3n) is 4.51. The minimum atomic E-state index is -0.0365. The van der Waals surface area contributed by atoms with Crippen LogP contribution in [0, 0.1) is 13.8 Å². The molecule has 1 amide bonds. The maximum absolute atomic E-state index is 12.6. The molecule has 2 heterocycles. The number of benzene rings is 2. The van der Waals surface area contributed by atoms with Crippen molar-refractivity contribution >= 4 is 29.1 Å². The summed E-state index contributed by atoms with van der Waals surface area (Å²) in [6, 6.07) is 11.5. The van der Waals surface area contributed by atoms with Crippen LogP contribution >= 0.6 is 11.8 Å². The van der Waals surface area contributed by atoms with Crippen LogP contribution in [-0.4, -0.2) is 32.2 Å². The molecule has 0 saturated carbocycles. The lowest BCUT2D eigenvalue weighted by Gasteiger charge is -2.10. The number of carbonyl (C=O) groups excluding carboxylic acids is 2.